The number of nitrogens with zero attached hydrogens (tertiary/aromatic N) is 3. The summed E-state index contributed by atoms with van der Waals surface area (Å²) in [5, 5.41) is 3.66. The van der Waals surface area contributed by atoms with E-state index in [1.807, 2.05) is 61.2 Å². The molecule has 0 spiro atoms. The first-order chi connectivity index (χ1) is 15.6. The third kappa shape index (κ3) is 5.43. The highest BCUT2D eigenvalue weighted by atomic mass is 32.2. The maximum atomic E-state index is 12.4. The minimum atomic E-state index is -0.0984. The lowest BCUT2D eigenvalue weighted by molar-refractivity contribution is -0.128. The summed E-state index contributed by atoms with van der Waals surface area (Å²) in [5.41, 5.74) is 3.44. The lowest BCUT2D eigenvalue weighted by atomic mass is 10.3. The number of benzene rings is 2. The van der Waals surface area contributed by atoms with Crippen LogP contribution in [0.1, 0.15) is 13.8 Å². The molecule has 0 aliphatic rings. The zero-order chi connectivity index (χ0) is 22.5. The fraction of sp³-hybridized carbons (Fsp3) is 0.273. The number of hydrogen-bond acceptors (Lipinski definition) is 7. The Morgan fingerprint density at radius 2 is 1.84 bits per heavy atom. The number of imidazole rings is 1. The molecular formula is C22H23N5O2S3. The summed E-state index contributed by atoms with van der Waals surface area (Å²) in [5.74, 6) is 0.659. The van der Waals surface area contributed by atoms with Gasteiger partial charge in [0.15, 0.2) is 9.50 Å². The van der Waals surface area contributed by atoms with Crippen LogP contribution < -0.4 is 5.32 Å². The number of rotatable bonds is 9. The van der Waals surface area contributed by atoms with E-state index < -0.39 is 0 Å². The van der Waals surface area contributed by atoms with Crippen molar-refractivity contribution in [3.63, 3.8) is 0 Å². The van der Waals surface area contributed by atoms with Crippen LogP contribution in [0.5, 0.6) is 0 Å². The summed E-state index contributed by atoms with van der Waals surface area (Å²) in [7, 11) is 0. The molecule has 0 aliphatic heterocycles. The van der Waals surface area contributed by atoms with Crippen LogP contribution in [0.3, 0.4) is 0 Å². The van der Waals surface area contributed by atoms with Crippen LogP contribution in [0.15, 0.2) is 52.0 Å². The highest BCUT2D eigenvalue weighted by molar-refractivity contribution is 8.01. The van der Waals surface area contributed by atoms with Crippen molar-refractivity contribution in [2.24, 2.45) is 0 Å². The molecule has 4 aromatic rings. The number of hydrogen-bond donors (Lipinski definition) is 2. The van der Waals surface area contributed by atoms with Crippen LogP contribution in [-0.2, 0) is 9.59 Å². The normalized spacial score (nSPS) is 11.2. The predicted octanol–water partition coefficient (Wildman–Crippen LogP) is 4.86. The Balaban J connectivity index is 1.33. The van der Waals surface area contributed by atoms with Gasteiger partial charge in [0.25, 0.3) is 0 Å². The Labute approximate surface area is 198 Å². The van der Waals surface area contributed by atoms with Gasteiger partial charge < -0.3 is 15.2 Å². The van der Waals surface area contributed by atoms with Crippen molar-refractivity contribution in [1.29, 1.82) is 0 Å². The number of carbonyl (C=O) groups excluding carboxylic acids is 2. The molecule has 0 saturated heterocycles. The maximum absolute atomic E-state index is 12.4. The van der Waals surface area contributed by atoms with Crippen LogP contribution in [0.25, 0.3) is 21.3 Å². The van der Waals surface area contributed by atoms with Crippen molar-refractivity contribution < 1.29 is 9.59 Å². The zero-order valence-electron chi connectivity index (χ0n) is 17.8. The number of nitrogens with one attached hydrogen (secondary N) is 2. The number of carbonyl (C=O) groups is 2. The second kappa shape index (κ2) is 10.4. The summed E-state index contributed by atoms with van der Waals surface area (Å²) in [6.45, 7) is 5.39. The minimum Gasteiger partial charge on any atom is -0.343 e. The molecule has 10 heteroatoms. The summed E-state index contributed by atoms with van der Waals surface area (Å²) < 4.78 is 1.83. The molecule has 2 N–H and O–H groups in total. The minimum absolute atomic E-state index is 0.0984. The van der Waals surface area contributed by atoms with Crippen LogP contribution in [0.2, 0.25) is 0 Å². The Morgan fingerprint density at radius 1 is 1.03 bits per heavy atom. The van der Waals surface area contributed by atoms with E-state index in [1.54, 1.807) is 0 Å². The van der Waals surface area contributed by atoms with Crippen molar-refractivity contribution in [2.75, 3.05) is 29.9 Å². The lowest BCUT2D eigenvalue weighted by Gasteiger charge is -2.17. The fourth-order valence-electron chi connectivity index (χ4n) is 3.16. The molecule has 0 unspecified atom stereocenters. The number of H-pyrrole nitrogens is 1. The van der Waals surface area contributed by atoms with E-state index in [0.29, 0.717) is 18.8 Å². The largest absolute Gasteiger partial charge is 0.343 e. The standard InChI is InChI=1S/C22H23N5O2S3/c1-3-27(4-2)20(29)13-31-22-26-17-10-9-14(11-18(17)32-22)23-19(28)12-30-21-24-15-7-5-6-8-16(15)25-21/h5-11H,3-4,12-13H2,1-2H3,(H,23,28)(H,24,25). The van der Waals surface area contributed by atoms with E-state index in [2.05, 4.69) is 20.3 Å². The van der Waals surface area contributed by atoms with E-state index in [-0.39, 0.29) is 17.6 Å². The Bertz CT molecular complexity index is 1220. The summed E-state index contributed by atoms with van der Waals surface area (Å²) in [4.78, 5) is 38.7. The quantitative estimate of drug-likeness (QED) is 0.329. The van der Waals surface area contributed by atoms with Gasteiger partial charge in [0, 0.05) is 18.8 Å². The molecule has 2 aromatic heterocycles. The molecule has 0 radical (unpaired) electrons. The molecule has 0 bridgehead atoms. The third-order valence-electron chi connectivity index (χ3n) is 4.80. The van der Waals surface area contributed by atoms with Crippen molar-refractivity contribution >= 4 is 73.6 Å². The number of para-hydroxylation sites is 2. The number of anilines is 1. The van der Waals surface area contributed by atoms with Gasteiger partial charge in [-0.1, -0.05) is 35.7 Å². The molecule has 2 heterocycles. The monoisotopic (exact) mass is 485 g/mol. The molecule has 4 rings (SSSR count). The van der Waals surface area contributed by atoms with Crippen molar-refractivity contribution in [1.82, 2.24) is 19.9 Å². The molecule has 0 atom stereocenters. The summed E-state index contributed by atoms with van der Waals surface area (Å²) >= 11 is 4.35. The first-order valence-corrected chi connectivity index (χ1v) is 13.0. The van der Waals surface area contributed by atoms with Gasteiger partial charge >= 0.3 is 0 Å². The van der Waals surface area contributed by atoms with Crippen molar-refractivity contribution in [2.45, 2.75) is 23.3 Å². The molecule has 0 aliphatic carbocycles. The van der Waals surface area contributed by atoms with Gasteiger partial charge in [-0.2, -0.15) is 0 Å². The van der Waals surface area contributed by atoms with Gasteiger partial charge in [0.2, 0.25) is 11.8 Å². The fourth-order valence-corrected chi connectivity index (χ4v) is 5.86. The van der Waals surface area contributed by atoms with Crippen LogP contribution in [0, 0.1) is 0 Å². The number of thiazole rings is 1. The number of fused-ring (bicyclic) bond motifs is 2. The summed E-state index contributed by atoms with van der Waals surface area (Å²) in [6, 6.07) is 13.4. The lowest BCUT2D eigenvalue weighted by Crippen LogP contribution is -2.31. The van der Waals surface area contributed by atoms with Crippen LogP contribution in [0.4, 0.5) is 5.69 Å². The Morgan fingerprint density at radius 3 is 2.62 bits per heavy atom. The molecule has 166 valence electrons. The first-order valence-electron chi connectivity index (χ1n) is 10.2. The zero-order valence-corrected chi connectivity index (χ0v) is 20.2. The van der Waals surface area contributed by atoms with Gasteiger partial charge in [-0.15, -0.1) is 11.3 Å². The molecule has 0 fully saturated rings. The van der Waals surface area contributed by atoms with Crippen molar-refractivity contribution in [3.8, 4) is 0 Å². The van der Waals surface area contributed by atoms with Crippen molar-refractivity contribution in [3.05, 3.63) is 42.5 Å². The molecule has 32 heavy (non-hydrogen) atoms. The highest BCUT2D eigenvalue weighted by Gasteiger charge is 2.13. The SMILES string of the molecule is CCN(CC)C(=O)CSc1nc2ccc(NC(=O)CSc3nc4ccccc4[nH]3)cc2s1. The van der Waals surface area contributed by atoms with E-state index in [9.17, 15) is 9.59 Å². The maximum Gasteiger partial charge on any atom is 0.234 e. The average Bonchev–Trinajstić information content (AvgIpc) is 3.40. The third-order valence-corrected chi connectivity index (χ3v) is 7.81. The van der Waals surface area contributed by atoms with Crippen LogP contribution in [-0.4, -0.2) is 56.3 Å². The van der Waals surface area contributed by atoms with Gasteiger partial charge in [0.1, 0.15) is 0 Å². The van der Waals surface area contributed by atoms with Crippen LogP contribution >= 0.6 is 34.9 Å². The number of thioether (sulfide) groups is 2. The molecule has 2 amide bonds. The number of aromatic nitrogens is 3. The smallest absolute Gasteiger partial charge is 0.234 e. The highest BCUT2D eigenvalue weighted by Crippen LogP contribution is 2.31. The average molecular weight is 486 g/mol. The second-order valence-corrected chi connectivity index (χ2v) is 10.1. The van der Waals surface area contributed by atoms with Gasteiger partial charge in [-0.05, 0) is 44.2 Å². The van der Waals surface area contributed by atoms with Gasteiger partial charge in [0.05, 0.1) is 32.8 Å². The van der Waals surface area contributed by atoms with E-state index >= 15 is 0 Å². The molecule has 7 nitrogen and oxygen atoms in total. The predicted molar refractivity (Wildman–Crippen MR) is 134 cm³/mol. The Hall–Kier alpha value is -2.56. The topological polar surface area (TPSA) is 91.0 Å². The summed E-state index contributed by atoms with van der Waals surface area (Å²) in [6.07, 6.45) is 0. The van der Waals surface area contributed by atoms with E-state index in [4.69, 9.17) is 0 Å². The second-order valence-electron chi connectivity index (χ2n) is 6.91. The van der Waals surface area contributed by atoms with Gasteiger partial charge in [-0.25, -0.2) is 9.97 Å². The number of aromatic amines is 1. The molecule has 0 saturated carbocycles. The number of amides is 2. The molecule has 2 aromatic carbocycles. The first kappa shape index (κ1) is 22.6. The molecular weight excluding hydrogens is 462 g/mol. The van der Waals surface area contributed by atoms with E-state index in [0.717, 1.165) is 36.4 Å². The van der Waals surface area contributed by atoms with E-state index in [1.165, 1.54) is 34.9 Å². The van der Waals surface area contributed by atoms with Gasteiger partial charge in [-0.3, -0.25) is 9.59 Å². The Kier molecular flexibility index (Phi) is 7.33.